The van der Waals surface area contributed by atoms with Gasteiger partial charge in [-0.3, -0.25) is 4.79 Å². The third-order valence-corrected chi connectivity index (χ3v) is 3.61. The molecule has 0 N–H and O–H groups in total. The third-order valence-electron chi connectivity index (χ3n) is 3.37. The molecule has 0 heterocycles. The zero-order valence-electron chi connectivity index (χ0n) is 14.1. The average molecular weight is 359 g/mol. The monoisotopic (exact) mass is 358 g/mol. The van der Waals surface area contributed by atoms with E-state index in [9.17, 15) is 9.59 Å². The number of benzene rings is 2. The lowest BCUT2D eigenvalue weighted by Crippen LogP contribution is -2.23. The number of esters is 1. The van der Waals surface area contributed by atoms with Crippen molar-refractivity contribution >= 4 is 29.4 Å². The normalized spacial score (nSPS) is 12.0. The maximum absolute atomic E-state index is 12.3. The van der Waals surface area contributed by atoms with Crippen LogP contribution in [0.2, 0.25) is 5.02 Å². The first-order valence-corrected chi connectivity index (χ1v) is 8.28. The molecule has 2 aromatic rings. The number of carbonyl (C=O) groups excluding carboxylic acids is 2. The Morgan fingerprint density at radius 2 is 1.88 bits per heavy atom. The molecule has 0 bridgehead atoms. The van der Waals surface area contributed by atoms with Crippen LogP contribution < -0.4 is 4.74 Å². The predicted molar refractivity (Wildman–Crippen MR) is 98.0 cm³/mol. The van der Waals surface area contributed by atoms with Gasteiger partial charge < -0.3 is 9.47 Å². The highest BCUT2D eigenvalue weighted by molar-refractivity contribution is 6.30. The predicted octanol–water partition coefficient (Wildman–Crippen LogP) is 4.57. The molecule has 0 aliphatic rings. The minimum absolute atomic E-state index is 0.271. The second kappa shape index (κ2) is 9.04. The standard InChI is InChI=1S/C20H19ClO4/c1-3-24-18-10-8-16(9-11-18)20(23)14(2)25-19(22)12-7-15-5-4-6-17(21)13-15/h4-14H,3H2,1-2H3/b12-7+/t14-/m0/s1. The van der Waals surface area contributed by atoms with Crippen LogP contribution in [-0.2, 0) is 9.53 Å². The van der Waals surface area contributed by atoms with Crippen LogP contribution in [0.5, 0.6) is 5.75 Å². The molecule has 0 aliphatic carbocycles. The lowest BCUT2D eigenvalue weighted by Gasteiger charge is -2.11. The summed E-state index contributed by atoms with van der Waals surface area (Å²) in [5.74, 6) is -0.174. The highest BCUT2D eigenvalue weighted by atomic mass is 35.5. The van der Waals surface area contributed by atoms with Gasteiger partial charge in [0.1, 0.15) is 5.75 Å². The fourth-order valence-electron chi connectivity index (χ4n) is 2.16. The number of rotatable bonds is 7. The number of Topliss-reactive ketones (excluding diaryl/α,β-unsaturated/α-hetero) is 1. The van der Waals surface area contributed by atoms with E-state index in [0.29, 0.717) is 22.9 Å². The molecule has 2 rings (SSSR count). The first kappa shape index (κ1) is 18.7. The van der Waals surface area contributed by atoms with Gasteiger partial charge in [0.2, 0.25) is 5.78 Å². The summed E-state index contributed by atoms with van der Waals surface area (Å²) in [7, 11) is 0. The van der Waals surface area contributed by atoms with E-state index < -0.39 is 12.1 Å². The second-order valence-corrected chi connectivity index (χ2v) is 5.73. The molecule has 0 spiro atoms. The zero-order valence-corrected chi connectivity index (χ0v) is 14.8. The average Bonchev–Trinajstić information content (AvgIpc) is 2.60. The van der Waals surface area contributed by atoms with Crippen molar-refractivity contribution in [3.8, 4) is 5.75 Å². The Bertz CT molecular complexity index is 766. The molecule has 0 unspecified atom stereocenters. The Labute approximate surface area is 152 Å². The molecule has 2 aromatic carbocycles. The van der Waals surface area contributed by atoms with Crippen molar-refractivity contribution in [2.45, 2.75) is 20.0 Å². The third kappa shape index (κ3) is 5.76. The Morgan fingerprint density at radius 1 is 1.16 bits per heavy atom. The maximum atomic E-state index is 12.3. The van der Waals surface area contributed by atoms with Crippen LogP contribution in [0.15, 0.2) is 54.6 Å². The minimum Gasteiger partial charge on any atom is -0.494 e. The van der Waals surface area contributed by atoms with Crippen molar-refractivity contribution in [1.82, 2.24) is 0 Å². The van der Waals surface area contributed by atoms with Crippen LogP contribution in [0, 0.1) is 0 Å². The van der Waals surface area contributed by atoms with E-state index in [1.165, 1.54) is 6.08 Å². The maximum Gasteiger partial charge on any atom is 0.331 e. The van der Waals surface area contributed by atoms with E-state index in [0.717, 1.165) is 5.56 Å². The van der Waals surface area contributed by atoms with E-state index in [4.69, 9.17) is 21.1 Å². The van der Waals surface area contributed by atoms with Crippen LogP contribution in [0.1, 0.15) is 29.8 Å². The van der Waals surface area contributed by atoms with Crippen molar-refractivity contribution in [2.75, 3.05) is 6.61 Å². The van der Waals surface area contributed by atoms with Crippen LogP contribution in [-0.4, -0.2) is 24.5 Å². The summed E-state index contributed by atoms with van der Waals surface area (Å²) in [5.41, 5.74) is 1.23. The number of halogens is 1. The molecule has 0 aromatic heterocycles. The number of ketones is 1. The molecule has 130 valence electrons. The van der Waals surface area contributed by atoms with Gasteiger partial charge in [0, 0.05) is 16.7 Å². The number of carbonyl (C=O) groups is 2. The lowest BCUT2D eigenvalue weighted by atomic mass is 10.1. The molecule has 0 saturated carbocycles. The molecule has 0 fully saturated rings. The first-order chi connectivity index (χ1) is 12.0. The summed E-state index contributed by atoms with van der Waals surface area (Å²) in [6.07, 6.45) is 1.98. The van der Waals surface area contributed by atoms with Crippen LogP contribution in [0.25, 0.3) is 6.08 Å². The molecular formula is C20H19ClO4. The van der Waals surface area contributed by atoms with Gasteiger partial charge in [-0.1, -0.05) is 23.7 Å². The van der Waals surface area contributed by atoms with Crippen molar-refractivity contribution in [2.24, 2.45) is 0 Å². The molecule has 0 aliphatic heterocycles. The minimum atomic E-state index is -0.880. The van der Waals surface area contributed by atoms with Gasteiger partial charge >= 0.3 is 5.97 Å². The molecule has 4 nitrogen and oxygen atoms in total. The molecule has 5 heteroatoms. The van der Waals surface area contributed by atoms with Crippen molar-refractivity contribution < 1.29 is 19.1 Å². The van der Waals surface area contributed by atoms with E-state index in [1.54, 1.807) is 55.5 Å². The summed E-state index contributed by atoms with van der Waals surface area (Å²) in [6.45, 7) is 3.99. The summed E-state index contributed by atoms with van der Waals surface area (Å²) < 4.78 is 10.5. The smallest absolute Gasteiger partial charge is 0.331 e. The van der Waals surface area contributed by atoms with Crippen LogP contribution in [0.3, 0.4) is 0 Å². The van der Waals surface area contributed by atoms with Gasteiger partial charge in [0.05, 0.1) is 6.61 Å². The van der Waals surface area contributed by atoms with E-state index >= 15 is 0 Å². The summed E-state index contributed by atoms with van der Waals surface area (Å²) in [4.78, 5) is 24.2. The number of hydrogen-bond donors (Lipinski definition) is 0. The Hall–Kier alpha value is -2.59. The summed E-state index contributed by atoms with van der Waals surface area (Å²) >= 11 is 5.88. The SMILES string of the molecule is CCOc1ccc(C(=O)[C@H](C)OC(=O)/C=C/c2cccc(Cl)c2)cc1. The summed E-state index contributed by atoms with van der Waals surface area (Å²) in [5, 5.41) is 0.578. The first-order valence-electron chi connectivity index (χ1n) is 7.91. The zero-order chi connectivity index (χ0) is 18.2. The topological polar surface area (TPSA) is 52.6 Å². The van der Waals surface area contributed by atoms with E-state index in [2.05, 4.69) is 0 Å². The Kier molecular flexibility index (Phi) is 6.78. The second-order valence-electron chi connectivity index (χ2n) is 5.29. The van der Waals surface area contributed by atoms with Crippen molar-refractivity contribution in [3.63, 3.8) is 0 Å². The van der Waals surface area contributed by atoms with Crippen LogP contribution >= 0.6 is 11.6 Å². The lowest BCUT2D eigenvalue weighted by molar-refractivity contribution is -0.140. The highest BCUT2D eigenvalue weighted by Gasteiger charge is 2.18. The molecule has 0 saturated heterocycles. The number of ether oxygens (including phenoxy) is 2. The fourth-order valence-corrected chi connectivity index (χ4v) is 2.36. The molecule has 0 amide bonds. The van der Waals surface area contributed by atoms with Crippen LogP contribution in [0.4, 0.5) is 0 Å². The van der Waals surface area contributed by atoms with E-state index in [-0.39, 0.29) is 5.78 Å². The van der Waals surface area contributed by atoms with Gasteiger partial charge in [-0.2, -0.15) is 0 Å². The largest absolute Gasteiger partial charge is 0.494 e. The Balaban J connectivity index is 1.94. The quantitative estimate of drug-likeness (QED) is 0.413. The van der Waals surface area contributed by atoms with Gasteiger partial charge in [-0.05, 0) is 61.9 Å². The van der Waals surface area contributed by atoms with E-state index in [1.807, 2.05) is 13.0 Å². The molecule has 25 heavy (non-hydrogen) atoms. The highest BCUT2D eigenvalue weighted by Crippen LogP contribution is 2.15. The summed E-state index contributed by atoms with van der Waals surface area (Å²) in [6, 6.07) is 13.8. The van der Waals surface area contributed by atoms with Gasteiger partial charge in [-0.15, -0.1) is 0 Å². The molecule has 0 radical (unpaired) electrons. The molecule has 1 atom stereocenters. The Morgan fingerprint density at radius 3 is 2.52 bits per heavy atom. The van der Waals surface area contributed by atoms with Crippen molar-refractivity contribution in [3.05, 3.63) is 70.8 Å². The molecular weight excluding hydrogens is 340 g/mol. The van der Waals surface area contributed by atoms with Gasteiger partial charge in [0.15, 0.2) is 6.10 Å². The van der Waals surface area contributed by atoms with Crippen molar-refractivity contribution in [1.29, 1.82) is 0 Å². The fraction of sp³-hybridized carbons (Fsp3) is 0.200. The van der Waals surface area contributed by atoms with Gasteiger partial charge in [-0.25, -0.2) is 4.79 Å². The van der Waals surface area contributed by atoms with Gasteiger partial charge in [0.25, 0.3) is 0 Å². The number of hydrogen-bond acceptors (Lipinski definition) is 4.